The van der Waals surface area contributed by atoms with Gasteiger partial charge in [-0.1, -0.05) is 12.1 Å². The number of hydrogen-bond acceptors (Lipinski definition) is 8. The molecule has 25 heavy (non-hydrogen) atoms. The smallest absolute Gasteiger partial charge is 0.315 e. The lowest BCUT2D eigenvalue weighted by atomic mass is 10.0. The van der Waals surface area contributed by atoms with Crippen LogP contribution in [0.5, 0.6) is 11.5 Å². The van der Waals surface area contributed by atoms with Gasteiger partial charge in [0.2, 0.25) is 5.75 Å². The second kappa shape index (κ2) is 7.36. The highest BCUT2D eigenvalue weighted by atomic mass is 16.7. The van der Waals surface area contributed by atoms with Crippen molar-refractivity contribution in [3.63, 3.8) is 0 Å². The van der Waals surface area contributed by atoms with Gasteiger partial charge in [-0.2, -0.15) is 0 Å². The number of benzene rings is 2. The van der Waals surface area contributed by atoms with Gasteiger partial charge >= 0.3 is 5.69 Å². The van der Waals surface area contributed by atoms with Crippen LogP contribution < -0.4 is 4.74 Å². The molecular formula is C15H12N2O8. The van der Waals surface area contributed by atoms with Crippen molar-refractivity contribution in [1.82, 2.24) is 0 Å². The van der Waals surface area contributed by atoms with Gasteiger partial charge in [0.15, 0.2) is 18.3 Å². The molecule has 130 valence electrons. The van der Waals surface area contributed by atoms with Crippen molar-refractivity contribution < 1.29 is 29.2 Å². The summed E-state index contributed by atoms with van der Waals surface area (Å²) in [5.74, 6) is -1.95. The first kappa shape index (κ1) is 17.8. The minimum Gasteiger partial charge on any atom is -0.500 e. The first-order chi connectivity index (χ1) is 11.9. The molecule has 0 unspecified atom stereocenters. The molecule has 0 saturated carbocycles. The van der Waals surface area contributed by atoms with Gasteiger partial charge in [-0.05, 0) is 12.1 Å². The lowest BCUT2D eigenvalue weighted by molar-refractivity contribution is -0.386. The fourth-order valence-electron chi connectivity index (χ4n) is 2.08. The van der Waals surface area contributed by atoms with Crippen LogP contribution in [-0.4, -0.2) is 34.6 Å². The molecule has 10 nitrogen and oxygen atoms in total. The Bertz CT molecular complexity index is 849. The zero-order valence-corrected chi connectivity index (χ0v) is 12.9. The highest BCUT2D eigenvalue weighted by Gasteiger charge is 2.26. The van der Waals surface area contributed by atoms with Crippen molar-refractivity contribution in [2.24, 2.45) is 0 Å². The van der Waals surface area contributed by atoms with Gasteiger partial charge in [-0.15, -0.1) is 0 Å². The fourth-order valence-corrected chi connectivity index (χ4v) is 2.08. The van der Waals surface area contributed by atoms with Crippen LogP contribution in [0, 0.1) is 20.2 Å². The minimum atomic E-state index is -0.898. The fraction of sp³-hybridized carbons (Fsp3) is 0.133. The van der Waals surface area contributed by atoms with Crippen LogP contribution in [0.3, 0.4) is 0 Å². The van der Waals surface area contributed by atoms with E-state index in [1.54, 1.807) is 0 Å². The van der Waals surface area contributed by atoms with E-state index in [0.29, 0.717) is 0 Å². The van der Waals surface area contributed by atoms with Crippen LogP contribution in [0.4, 0.5) is 11.4 Å². The minimum absolute atomic E-state index is 0.245. The maximum atomic E-state index is 12.6. The SMILES string of the molecule is COCOc1cc(C(=O)c2ccccc2[N+](=O)[O-])cc([N+](=O)[O-])c1O. The van der Waals surface area contributed by atoms with Crippen molar-refractivity contribution >= 4 is 17.2 Å². The molecule has 0 heterocycles. The standard InChI is InChI=1S/C15H12N2O8/c1-24-8-25-13-7-9(6-12(15(13)19)17(22)23)14(18)10-4-2-3-5-11(10)16(20)21/h2-7,19H,8H2,1H3. The molecule has 0 amide bonds. The number of carbonyl (C=O) groups is 1. The number of methoxy groups -OCH3 is 1. The average Bonchev–Trinajstić information content (AvgIpc) is 2.59. The Balaban J connectivity index is 2.58. The van der Waals surface area contributed by atoms with Gasteiger partial charge < -0.3 is 14.6 Å². The summed E-state index contributed by atoms with van der Waals surface area (Å²) < 4.78 is 9.68. The molecule has 0 radical (unpaired) electrons. The number of para-hydroxylation sites is 1. The summed E-state index contributed by atoms with van der Waals surface area (Å²) in [4.78, 5) is 33.1. The first-order valence-corrected chi connectivity index (χ1v) is 6.78. The number of ether oxygens (including phenoxy) is 2. The Morgan fingerprint density at radius 3 is 2.36 bits per heavy atom. The molecule has 1 N–H and O–H groups in total. The Morgan fingerprint density at radius 2 is 1.76 bits per heavy atom. The number of nitro groups is 2. The average molecular weight is 348 g/mol. The summed E-state index contributed by atoms with van der Waals surface area (Å²) in [6.45, 7) is -0.326. The molecule has 2 aromatic rings. The quantitative estimate of drug-likeness (QED) is 0.348. The molecule has 0 bridgehead atoms. The zero-order valence-electron chi connectivity index (χ0n) is 12.9. The summed E-state index contributed by atoms with van der Waals surface area (Å²) in [6, 6.07) is 7.08. The lowest BCUT2D eigenvalue weighted by Crippen LogP contribution is -2.07. The maximum Gasteiger partial charge on any atom is 0.315 e. The molecule has 0 aliphatic rings. The molecule has 0 aliphatic heterocycles. The zero-order chi connectivity index (χ0) is 18.6. The van der Waals surface area contributed by atoms with E-state index in [9.17, 15) is 30.1 Å². The molecule has 2 aromatic carbocycles. The monoisotopic (exact) mass is 348 g/mol. The van der Waals surface area contributed by atoms with Gasteiger partial charge in [-0.3, -0.25) is 25.0 Å². The predicted octanol–water partition coefficient (Wildman–Crippen LogP) is 2.42. The molecule has 2 rings (SSSR count). The molecule has 0 aliphatic carbocycles. The van der Waals surface area contributed by atoms with E-state index in [4.69, 9.17) is 4.74 Å². The first-order valence-electron chi connectivity index (χ1n) is 6.78. The predicted molar refractivity (Wildman–Crippen MR) is 83.8 cm³/mol. The Hall–Kier alpha value is -3.53. The highest BCUT2D eigenvalue weighted by molar-refractivity contribution is 6.12. The Kier molecular flexibility index (Phi) is 5.25. The molecule has 0 fully saturated rings. The summed E-state index contributed by atoms with van der Waals surface area (Å²) in [5, 5.41) is 32.0. The number of ketones is 1. The highest BCUT2D eigenvalue weighted by Crippen LogP contribution is 2.38. The molecule has 0 aromatic heterocycles. The third kappa shape index (κ3) is 3.70. The number of nitrogens with zero attached hydrogens (tertiary/aromatic N) is 2. The van der Waals surface area contributed by atoms with Crippen LogP contribution in [0.2, 0.25) is 0 Å². The van der Waals surface area contributed by atoms with Crippen molar-refractivity contribution in [1.29, 1.82) is 0 Å². The maximum absolute atomic E-state index is 12.6. The summed E-state index contributed by atoms with van der Waals surface area (Å²) >= 11 is 0. The molecule has 10 heteroatoms. The van der Waals surface area contributed by atoms with E-state index in [2.05, 4.69) is 4.74 Å². The number of carbonyl (C=O) groups excluding carboxylic acids is 1. The summed E-state index contributed by atoms with van der Waals surface area (Å²) in [5.41, 5.74) is -1.70. The van der Waals surface area contributed by atoms with Gasteiger partial charge in [0, 0.05) is 24.8 Å². The number of rotatable bonds is 7. The number of phenols is 1. The van der Waals surface area contributed by atoms with Crippen LogP contribution >= 0.6 is 0 Å². The van der Waals surface area contributed by atoms with E-state index >= 15 is 0 Å². The van der Waals surface area contributed by atoms with Gasteiger partial charge in [0.25, 0.3) is 5.69 Å². The molecule has 0 atom stereocenters. The van der Waals surface area contributed by atoms with E-state index in [1.807, 2.05) is 0 Å². The largest absolute Gasteiger partial charge is 0.500 e. The number of aromatic hydroxyl groups is 1. The van der Waals surface area contributed by atoms with E-state index in [-0.39, 0.29) is 23.7 Å². The molecule has 0 spiro atoms. The number of nitro benzene ring substituents is 2. The van der Waals surface area contributed by atoms with E-state index < -0.39 is 32.8 Å². The summed E-state index contributed by atoms with van der Waals surface area (Å²) in [7, 11) is 1.30. The third-order valence-corrected chi connectivity index (χ3v) is 3.19. The van der Waals surface area contributed by atoms with Crippen molar-refractivity contribution in [2.75, 3.05) is 13.9 Å². The number of phenolic OH excluding ortho intramolecular Hbond substituents is 1. The lowest BCUT2D eigenvalue weighted by Gasteiger charge is -2.09. The van der Waals surface area contributed by atoms with Crippen molar-refractivity contribution in [2.45, 2.75) is 0 Å². The van der Waals surface area contributed by atoms with Crippen LogP contribution in [-0.2, 0) is 4.74 Å². The Labute approximate surface area is 140 Å². The van der Waals surface area contributed by atoms with Crippen molar-refractivity contribution in [3.05, 3.63) is 67.8 Å². The van der Waals surface area contributed by atoms with Gasteiger partial charge in [0.1, 0.15) is 5.56 Å². The van der Waals surface area contributed by atoms with Crippen molar-refractivity contribution in [3.8, 4) is 11.5 Å². The molecule has 0 saturated heterocycles. The third-order valence-electron chi connectivity index (χ3n) is 3.19. The topological polar surface area (TPSA) is 142 Å². The molecular weight excluding hydrogens is 336 g/mol. The van der Waals surface area contributed by atoms with Gasteiger partial charge in [-0.25, -0.2) is 0 Å². The second-order valence-electron chi connectivity index (χ2n) is 4.75. The summed E-state index contributed by atoms with van der Waals surface area (Å²) in [6.07, 6.45) is 0. The second-order valence-corrected chi connectivity index (χ2v) is 4.75. The number of hydrogen-bond donors (Lipinski definition) is 1. The van der Waals surface area contributed by atoms with Crippen LogP contribution in [0.15, 0.2) is 36.4 Å². The normalized spacial score (nSPS) is 10.3. The Morgan fingerprint density at radius 1 is 1.12 bits per heavy atom. The van der Waals surface area contributed by atoms with Gasteiger partial charge in [0.05, 0.1) is 9.85 Å². The van der Waals surface area contributed by atoms with Crippen LogP contribution in [0.25, 0.3) is 0 Å². The van der Waals surface area contributed by atoms with E-state index in [0.717, 1.165) is 18.2 Å². The van der Waals surface area contributed by atoms with E-state index in [1.165, 1.54) is 25.3 Å². The van der Waals surface area contributed by atoms with Crippen LogP contribution in [0.1, 0.15) is 15.9 Å².